The molecule has 76 valence electrons. The fourth-order valence-corrected chi connectivity index (χ4v) is 1.98. The zero-order valence-corrected chi connectivity index (χ0v) is 9.35. The fourth-order valence-electron chi connectivity index (χ4n) is 1.31. The number of halogens is 2. The zero-order valence-electron chi connectivity index (χ0n) is 7.84. The maximum absolute atomic E-state index is 6.01. The van der Waals surface area contributed by atoms with Gasteiger partial charge < -0.3 is 5.73 Å². The van der Waals surface area contributed by atoms with Gasteiger partial charge in [-0.1, -0.05) is 35.3 Å². The van der Waals surface area contributed by atoms with E-state index >= 15 is 0 Å². The minimum Gasteiger partial charge on any atom is -0.324 e. The molecular weight excluding hydrogens is 217 g/mol. The van der Waals surface area contributed by atoms with Crippen molar-refractivity contribution in [3.05, 3.63) is 46.5 Å². The molecule has 0 spiro atoms. The van der Waals surface area contributed by atoms with Crippen LogP contribution in [0.4, 0.5) is 0 Å². The molecule has 0 bridgehead atoms. The van der Waals surface area contributed by atoms with Crippen LogP contribution >= 0.6 is 23.2 Å². The Morgan fingerprint density at radius 3 is 2.43 bits per heavy atom. The lowest BCUT2D eigenvalue weighted by Crippen LogP contribution is -2.10. The number of hydrogen-bond donors (Lipinski definition) is 1. The van der Waals surface area contributed by atoms with E-state index in [0.29, 0.717) is 10.0 Å². The van der Waals surface area contributed by atoms with E-state index in [0.717, 1.165) is 18.4 Å². The SMILES string of the molecule is C=CCCC(N)c1c(Cl)cccc1Cl. The van der Waals surface area contributed by atoms with Gasteiger partial charge >= 0.3 is 0 Å². The van der Waals surface area contributed by atoms with Crippen LogP contribution in [0.2, 0.25) is 10.0 Å². The van der Waals surface area contributed by atoms with Crippen LogP contribution in [0.3, 0.4) is 0 Å². The molecule has 0 aliphatic heterocycles. The maximum atomic E-state index is 6.01. The van der Waals surface area contributed by atoms with Gasteiger partial charge in [0.05, 0.1) is 0 Å². The Morgan fingerprint density at radius 1 is 1.36 bits per heavy atom. The molecule has 1 aromatic rings. The third-order valence-electron chi connectivity index (χ3n) is 2.05. The summed E-state index contributed by atoms with van der Waals surface area (Å²) in [7, 11) is 0. The Kier molecular flexibility index (Phi) is 4.46. The smallest absolute Gasteiger partial charge is 0.0468 e. The molecule has 0 fully saturated rings. The first-order valence-electron chi connectivity index (χ1n) is 4.47. The minimum absolute atomic E-state index is 0.116. The van der Waals surface area contributed by atoms with Gasteiger partial charge in [-0.25, -0.2) is 0 Å². The van der Waals surface area contributed by atoms with Crippen molar-refractivity contribution in [1.29, 1.82) is 0 Å². The fraction of sp³-hybridized carbons (Fsp3) is 0.273. The van der Waals surface area contributed by atoms with E-state index in [4.69, 9.17) is 28.9 Å². The van der Waals surface area contributed by atoms with E-state index in [-0.39, 0.29) is 6.04 Å². The molecule has 0 radical (unpaired) electrons. The third-order valence-corrected chi connectivity index (χ3v) is 2.71. The van der Waals surface area contributed by atoms with Gasteiger partial charge in [-0.2, -0.15) is 0 Å². The highest BCUT2D eigenvalue weighted by Crippen LogP contribution is 2.30. The molecule has 2 N–H and O–H groups in total. The van der Waals surface area contributed by atoms with Crippen molar-refractivity contribution in [1.82, 2.24) is 0 Å². The van der Waals surface area contributed by atoms with Gasteiger partial charge in [0.15, 0.2) is 0 Å². The number of rotatable bonds is 4. The standard InChI is InChI=1S/C11H13Cl2N/c1-2-3-7-10(14)11-8(12)5-4-6-9(11)13/h2,4-6,10H,1,3,7,14H2. The summed E-state index contributed by atoms with van der Waals surface area (Å²) in [6.07, 6.45) is 3.51. The summed E-state index contributed by atoms with van der Waals surface area (Å²) in [5.41, 5.74) is 6.80. The number of allylic oxidation sites excluding steroid dienone is 1. The van der Waals surface area contributed by atoms with Crippen molar-refractivity contribution < 1.29 is 0 Å². The zero-order chi connectivity index (χ0) is 10.6. The number of nitrogens with two attached hydrogens (primary N) is 1. The number of benzene rings is 1. The molecule has 0 aromatic heterocycles. The molecule has 1 unspecified atom stereocenters. The average Bonchev–Trinajstić information content (AvgIpc) is 2.14. The lowest BCUT2D eigenvalue weighted by molar-refractivity contribution is 0.662. The Hall–Kier alpha value is -0.500. The van der Waals surface area contributed by atoms with Crippen molar-refractivity contribution in [2.24, 2.45) is 5.73 Å². The molecule has 1 atom stereocenters. The van der Waals surface area contributed by atoms with Crippen molar-refractivity contribution in [3.8, 4) is 0 Å². The highest BCUT2D eigenvalue weighted by molar-refractivity contribution is 6.36. The third kappa shape index (κ3) is 2.74. The molecule has 0 heterocycles. The molecule has 1 rings (SSSR count). The van der Waals surface area contributed by atoms with Crippen LogP contribution in [0.15, 0.2) is 30.9 Å². The monoisotopic (exact) mass is 229 g/mol. The summed E-state index contributed by atoms with van der Waals surface area (Å²) in [4.78, 5) is 0. The second-order valence-corrected chi connectivity index (χ2v) is 3.92. The first-order valence-corrected chi connectivity index (χ1v) is 5.22. The van der Waals surface area contributed by atoms with E-state index in [1.54, 1.807) is 12.1 Å². The van der Waals surface area contributed by atoms with Gasteiger partial charge in [0.2, 0.25) is 0 Å². The summed E-state index contributed by atoms with van der Waals surface area (Å²) in [5, 5.41) is 1.27. The Bertz CT molecular complexity index is 303. The average molecular weight is 230 g/mol. The van der Waals surface area contributed by atoms with Crippen LogP contribution in [-0.2, 0) is 0 Å². The van der Waals surface area contributed by atoms with Crippen LogP contribution in [0, 0.1) is 0 Å². The highest BCUT2D eigenvalue weighted by Gasteiger charge is 2.12. The first kappa shape index (κ1) is 11.6. The van der Waals surface area contributed by atoms with Crippen molar-refractivity contribution in [2.45, 2.75) is 18.9 Å². The quantitative estimate of drug-likeness (QED) is 0.778. The van der Waals surface area contributed by atoms with Crippen molar-refractivity contribution in [2.75, 3.05) is 0 Å². The van der Waals surface area contributed by atoms with Gasteiger partial charge in [-0.05, 0) is 25.0 Å². The molecule has 3 heteroatoms. The van der Waals surface area contributed by atoms with Gasteiger partial charge in [-0.15, -0.1) is 6.58 Å². The largest absolute Gasteiger partial charge is 0.324 e. The lowest BCUT2D eigenvalue weighted by atomic mass is 10.0. The van der Waals surface area contributed by atoms with E-state index in [2.05, 4.69) is 6.58 Å². The summed E-state index contributed by atoms with van der Waals surface area (Å²) in [6, 6.07) is 5.30. The summed E-state index contributed by atoms with van der Waals surface area (Å²) >= 11 is 12.0. The predicted octanol–water partition coefficient (Wildman–Crippen LogP) is 3.96. The van der Waals surface area contributed by atoms with E-state index < -0.39 is 0 Å². The molecule has 14 heavy (non-hydrogen) atoms. The Labute approximate surface area is 94.5 Å². The molecule has 0 aliphatic rings. The van der Waals surface area contributed by atoms with Gasteiger partial charge in [0.25, 0.3) is 0 Å². The van der Waals surface area contributed by atoms with Crippen LogP contribution in [0.1, 0.15) is 24.4 Å². The summed E-state index contributed by atoms with van der Waals surface area (Å²) in [5.74, 6) is 0. The Morgan fingerprint density at radius 2 is 1.93 bits per heavy atom. The van der Waals surface area contributed by atoms with Gasteiger partial charge in [0, 0.05) is 21.7 Å². The second-order valence-electron chi connectivity index (χ2n) is 3.11. The summed E-state index contributed by atoms with van der Waals surface area (Å²) < 4.78 is 0. The predicted molar refractivity (Wildman–Crippen MR) is 62.8 cm³/mol. The topological polar surface area (TPSA) is 26.0 Å². The molecule has 0 aliphatic carbocycles. The van der Waals surface area contributed by atoms with Crippen LogP contribution in [0.25, 0.3) is 0 Å². The molecule has 0 saturated heterocycles. The number of hydrogen-bond acceptors (Lipinski definition) is 1. The molecule has 1 nitrogen and oxygen atoms in total. The van der Waals surface area contributed by atoms with E-state index in [1.165, 1.54) is 0 Å². The van der Waals surface area contributed by atoms with Crippen molar-refractivity contribution in [3.63, 3.8) is 0 Å². The van der Waals surface area contributed by atoms with Crippen molar-refractivity contribution >= 4 is 23.2 Å². The maximum Gasteiger partial charge on any atom is 0.0468 e. The van der Waals surface area contributed by atoms with Crippen LogP contribution in [0.5, 0.6) is 0 Å². The molecule has 0 saturated carbocycles. The second kappa shape index (κ2) is 5.40. The van der Waals surface area contributed by atoms with Gasteiger partial charge in [0.1, 0.15) is 0 Å². The highest BCUT2D eigenvalue weighted by atomic mass is 35.5. The van der Waals surface area contributed by atoms with Gasteiger partial charge in [-0.3, -0.25) is 0 Å². The van der Waals surface area contributed by atoms with Crippen LogP contribution in [-0.4, -0.2) is 0 Å². The van der Waals surface area contributed by atoms with E-state index in [1.807, 2.05) is 12.1 Å². The lowest BCUT2D eigenvalue weighted by Gasteiger charge is -2.14. The molecule has 1 aromatic carbocycles. The van der Waals surface area contributed by atoms with E-state index in [9.17, 15) is 0 Å². The molecule has 0 amide bonds. The Balaban J connectivity index is 2.87. The normalized spacial score (nSPS) is 12.5. The minimum atomic E-state index is -0.116. The molecular formula is C11H13Cl2N. The first-order chi connectivity index (χ1) is 6.66. The van der Waals surface area contributed by atoms with Crippen LogP contribution < -0.4 is 5.73 Å². The summed E-state index contributed by atoms with van der Waals surface area (Å²) in [6.45, 7) is 3.65.